The molecule has 1 heterocycles. The Morgan fingerprint density at radius 2 is 2.05 bits per heavy atom. The molecule has 21 heavy (non-hydrogen) atoms. The molecule has 0 atom stereocenters. The Kier molecular flexibility index (Phi) is 6.60. The van der Waals surface area contributed by atoms with Crippen LogP contribution in [0.25, 0.3) is 0 Å². The summed E-state index contributed by atoms with van der Waals surface area (Å²) in [6.45, 7) is 9.99. The Morgan fingerprint density at radius 3 is 2.57 bits per heavy atom. The summed E-state index contributed by atoms with van der Waals surface area (Å²) in [4.78, 5) is 0.191. The van der Waals surface area contributed by atoms with Crippen LogP contribution in [-0.4, -0.2) is 44.1 Å². The zero-order valence-electron chi connectivity index (χ0n) is 12.8. The summed E-state index contributed by atoms with van der Waals surface area (Å²) in [6.07, 6.45) is 1.50. The Morgan fingerprint density at radius 1 is 1.38 bits per heavy atom. The van der Waals surface area contributed by atoms with Gasteiger partial charge in [0.2, 0.25) is 10.0 Å². The monoisotopic (exact) mass is 316 g/mol. The first kappa shape index (κ1) is 17.9. The third-order valence-corrected chi connectivity index (χ3v) is 5.22. The predicted octanol–water partition coefficient (Wildman–Crippen LogP) is 1.17. The number of rotatable bonds is 9. The lowest BCUT2D eigenvalue weighted by atomic mass is 10.2. The highest BCUT2D eigenvalue weighted by Gasteiger charge is 2.31. The topological polar surface area (TPSA) is 82.8 Å². The molecule has 0 amide bonds. The molecule has 2 N–H and O–H groups in total. The van der Waals surface area contributed by atoms with Gasteiger partial charge in [-0.1, -0.05) is 13.0 Å². The van der Waals surface area contributed by atoms with Gasteiger partial charge in [-0.25, -0.2) is 8.42 Å². The van der Waals surface area contributed by atoms with E-state index >= 15 is 0 Å². The average molecular weight is 316 g/mol. The fourth-order valence-electron chi connectivity index (χ4n) is 2.20. The number of furan rings is 1. The third-order valence-electron chi connectivity index (χ3n) is 3.16. The number of nitrogens with zero attached hydrogens (tertiary/aromatic N) is 1. The normalized spacial score (nSPS) is 12.0. The van der Waals surface area contributed by atoms with Gasteiger partial charge in [-0.3, -0.25) is 0 Å². The molecule has 1 rings (SSSR count). The molecular formula is C14H24N2O4S. The van der Waals surface area contributed by atoms with E-state index in [4.69, 9.17) is 9.52 Å². The maximum atomic E-state index is 12.8. The van der Waals surface area contributed by atoms with E-state index in [0.29, 0.717) is 23.6 Å². The van der Waals surface area contributed by atoms with E-state index in [0.717, 1.165) is 6.54 Å². The van der Waals surface area contributed by atoms with Crippen LogP contribution >= 0.6 is 0 Å². The molecule has 0 bridgehead atoms. The van der Waals surface area contributed by atoms with Gasteiger partial charge in [0.15, 0.2) is 0 Å². The molecule has 0 aromatic carbocycles. The highest BCUT2D eigenvalue weighted by atomic mass is 32.2. The molecule has 0 fully saturated rings. The van der Waals surface area contributed by atoms with Gasteiger partial charge >= 0.3 is 0 Å². The maximum absolute atomic E-state index is 12.8. The molecule has 0 spiro atoms. The van der Waals surface area contributed by atoms with Crippen LogP contribution in [0.15, 0.2) is 22.0 Å². The Labute approximate surface area is 126 Å². The Hall–Kier alpha value is -1.15. The molecule has 0 aliphatic heterocycles. The molecule has 6 nitrogen and oxygen atoms in total. The zero-order chi connectivity index (χ0) is 16.0. The largest absolute Gasteiger partial charge is 0.465 e. The zero-order valence-corrected chi connectivity index (χ0v) is 13.7. The first-order valence-electron chi connectivity index (χ1n) is 6.91. The van der Waals surface area contributed by atoms with Crippen molar-refractivity contribution >= 4 is 10.0 Å². The molecule has 120 valence electrons. The number of hydrogen-bond acceptors (Lipinski definition) is 5. The van der Waals surface area contributed by atoms with Crippen LogP contribution in [0.5, 0.6) is 0 Å². The third kappa shape index (κ3) is 3.94. The van der Waals surface area contributed by atoms with E-state index in [1.54, 1.807) is 13.8 Å². The molecule has 1 aromatic rings. The SMILES string of the molecule is C=CCN(CCO)S(=O)(=O)c1c(C)oc(C)c1CNCC. The molecule has 0 aliphatic rings. The number of aliphatic hydroxyl groups is 1. The standard InChI is InChI=1S/C14H24N2O4S/c1-5-7-16(8-9-17)21(18,19)14-12(4)20-11(3)13(14)10-15-6-2/h5,15,17H,1,6-10H2,2-4H3. The van der Waals surface area contributed by atoms with E-state index in [1.807, 2.05) is 6.92 Å². The highest BCUT2D eigenvalue weighted by molar-refractivity contribution is 7.89. The van der Waals surface area contributed by atoms with E-state index in [2.05, 4.69) is 11.9 Å². The van der Waals surface area contributed by atoms with Crippen molar-refractivity contribution in [3.63, 3.8) is 0 Å². The van der Waals surface area contributed by atoms with Crippen LogP contribution in [0.1, 0.15) is 24.0 Å². The Balaban J connectivity index is 3.31. The van der Waals surface area contributed by atoms with Gasteiger partial charge in [0.25, 0.3) is 0 Å². The smallest absolute Gasteiger partial charge is 0.247 e. The first-order valence-corrected chi connectivity index (χ1v) is 8.35. The van der Waals surface area contributed by atoms with Crippen LogP contribution in [0.3, 0.4) is 0 Å². The quantitative estimate of drug-likeness (QED) is 0.668. The average Bonchev–Trinajstić information content (AvgIpc) is 2.70. The molecule has 0 aliphatic carbocycles. The van der Waals surface area contributed by atoms with Crippen LogP contribution < -0.4 is 5.32 Å². The summed E-state index contributed by atoms with van der Waals surface area (Å²) < 4.78 is 32.3. The summed E-state index contributed by atoms with van der Waals surface area (Å²) in [7, 11) is -3.73. The highest BCUT2D eigenvalue weighted by Crippen LogP contribution is 2.29. The molecule has 1 aromatic heterocycles. The molecule has 0 unspecified atom stereocenters. The minimum Gasteiger partial charge on any atom is -0.465 e. The van der Waals surface area contributed by atoms with Crippen molar-refractivity contribution in [3.8, 4) is 0 Å². The molecular weight excluding hydrogens is 292 g/mol. The maximum Gasteiger partial charge on any atom is 0.247 e. The van der Waals surface area contributed by atoms with Gasteiger partial charge in [0, 0.05) is 25.2 Å². The molecule has 0 saturated heterocycles. The molecule has 0 radical (unpaired) electrons. The van der Waals surface area contributed by atoms with Crippen molar-refractivity contribution in [2.45, 2.75) is 32.2 Å². The number of aryl methyl sites for hydroxylation is 2. The summed E-state index contributed by atoms with van der Waals surface area (Å²) in [6, 6.07) is 0. The van der Waals surface area contributed by atoms with Crippen LogP contribution in [-0.2, 0) is 16.6 Å². The van der Waals surface area contributed by atoms with Gasteiger partial charge in [-0.05, 0) is 20.4 Å². The van der Waals surface area contributed by atoms with Crippen LogP contribution in [0.4, 0.5) is 0 Å². The molecule has 0 saturated carbocycles. The second kappa shape index (κ2) is 7.74. The number of nitrogens with one attached hydrogen (secondary N) is 1. The van der Waals surface area contributed by atoms with Crippen molar-refractivity contribution in [1.82, 2.24) is 9.62 Å². The lowest BCUT2D eigenvalue weighted by Crippen LogP contribution is -2.34. The van der Waals surface area contributed by atoms with Gasteiger partial charge < -0.3 is 14.8 Å². The Bertz CT molecular complexity index is 578. The summed E-state index contributed by atoms with van der Waals surface area (Å²) in [5.74, 6) is 0.960. The first-order chi connectivity index (χ1) is 9.89. The van der Waals surface area contributed by atoms with E-state index in [-0.39, 0.29) is 24.6 Å². The van der Waals surface area contributed by atoms with E-state index < -0.39 is 10.0 Å². The van der Waals surface area contributed by atoms with Gasteiger partial charge in [0.05, 0.1) is 6.61 Å². The lowest BCUT2D eigenvalue weighted by molar-refractivity contribution is 0.260. The van der Waals surface area contributed by atoms with Crippen molar-refractivity contribution < 1.29 is 17.9 Å². The predicted molar refractivity (Wildman–Crippen MR) is 81.6 cm³/mol. The minimum absolute atomic E-state index is 0.0265. The van der Waals surface area contributed by atoms with Crippen molar-refractivity contribution in [2.75, 3.05) is 26.2 Å². The second-order valence-electron chi connectivity index (χ2n) is 4.68. The van der Waals surface area contributed by atoms with Crippen LogP contribution in [0, 0.1) is 13.8 Å². The van der Waals surface area contributed by atoms with Gasteiger partial charge in [-0.15, -0.1) is 6.58 Å². The van der Waals surface area contributed by atoms with Crippen molar-refractivity contribution in [1.29, 1.82) is 0 Å². The van der Waals surface area contributed by atoms with Crippen molar-refractivity contribution in [3.05, 3.63) is 29.7 Å². The minimum atomic E-state index is -3.73. The summed E-state index contributed by atoms with van der Waals surface area (Å²) in [5, 5.41) is 12.2. The van der Waals surface area contributed by atoms with E-state index in [1.165, 1.54) is 10.4 Å². The van der Waals surface area contributed by atoms with Crippen LogP contribution in [0.2, 0.25) is 0 Å². The van der Waals surface area contributed by atoms with Gasteiger partial charge in [-0.2, -0.15) is 4.31 Å². The summed E-state index contributed by atoms with van der Waals surface area (Å²) >= 11 is 0. The fraction of sp³-hybridized carbons (Fsp3) is 0.571. The second-order valence-corrected chi connectivity index (χ2v) is 6.55. The number of sulfonamides is 1. The van der Waals surface area contributed by atoms with Crippen molar-refractivity contribution in [2.24, 2.45) is 0 Å². The van der Waals surface area contributed by atoms with Gasteiger partial charge in [0.1, 0.15) is 16.4 Å². The lowest BCUT2D eigenvalue weighted by Gasteiger charge is -2.20. The molecule has 7 heteroatoms. The van der Waals surface area contributed by atoms with E-state index in [9.17, 15) is 8.42 Å². The number of hydrogen-bond donors (Lipinski definition) is 2. The number of aliphatic hydroxyl groups excluding tert-OH is 1. The fourth-order valence-corrected chi connectivity index (χ4v) is 4.01. The summed E-state index contributed by atoms with van der Waals surface area (Å²) in [5.41, 5.74) is 0.640.